The number of carbonyl (C=O) groups is 3. The molecule has 3 rings (SSSR count). The molecule has 3 atom stereocenters. The lowest BCUT2D eigenvalue weighted by Crippen LogP contribution is -2.63. The number of carboxylic acids is 2. The van der Waals surface area contributed by atoms with Crippen molar-refractivity contribution in [2.75, 3.05) is 6.54 Å². The van der Waals surface area contributed by atoms with Gasteiger partial charge in [0.05, 0.1) is 28.9 Å². The minimum atomic E-state index is -4.94. The number of alkyl halides is 4. The highest BCUT2D eigenvalue weighted by Crippen LogP contribution is 2.52. The Morgan fingerprint density at radius 3 is 2.41 bits per heavy atom. The molecule has 1 N–H and O–H groups in total. The third kappa shape index (κ3) is 4.28. The van der Waals surface area contributed by atoms with Crippen LogP contribution in [-0.2, 0) is 24.3 Å². The van der Waals surface area contributed by atoms with Crippen LogP contribution in [0.1, 0.15) is 30.6 Å². The lowest BCUT2D eigenvalue weighted by atomic mass is 9.73. The molecule has 34 heavy (non-hydrogen) atoms. The number of rotatable bonds is 7. The van der Waals surface area contributed by atoms with E-state index in [1.165, 1.54) is 24.3 Å². The molecule has 3 unspecified atom stereocenters. The summed E-state index contributed by atoms with van der Waals surface area (Å²) in [5.41, 5.74) is -0.0146. The van der Waals surface area contributed by atoms with Crippen LogP contribution in [0.25, 0.3) is 0 Å². The normalized spacial score (nSPS) is 28.6. The summed E-state index contributed by atoms with van der Waals surface area (Å²) in [5, 5.41) is 17.8. The first-order chi connectivity index (χ1) is 15.5. The second kappa shape index (κ2) is 8.43. The van der Waals surface area contributed by atoms with E-state index < -0.39 is 68.7 Å². The maximum absolute atomic E-state index is 14.0. The Morgan fingerprint density at radius 2 is 1.91 bits per heavy atom. The second-order valence-electron chi connectivity index (χ2n) is 8.27. The summed E-state index contributed by atoms with van der Waals surface area (Å²) in [6.45, 7) is 2.18. The van der Waals surface area contributed by atoms with E-state index in [2.05, 4.69) is 4.74 Å². The number of aliphatic carboxylic acids is 2. The zero-order chi connectivity index (χ0) is 25.9. The first-order valence-electron chi connectivity index (χ1n) is 9.74. The minimum absolute atomic E-state index is 0.172. The summed E-state index contributed by atoms with van der Waals surface area (Å²) in [4.78, 5) is 33.2. The van der Waals surface area contributed by atoms with Crippen LogP contribution in [0.2, 0.25) is 0 Å². The van der Waals surface area contributed by atoms with Crippen molar-refractivity contribution in [1.29, 1.82) is 0 Å². The maximum atomic E-state index is 14.0. The average molecular weight is 541 g/mol. The van der Waals surface area contributed by atoms with Crippen molar-refractivity contribution in [3.63, 3.8) is 0 Å². The number of fused-ring (bicyclic) bond motifs is 1. The molecule has 1 amide bonds. The molecule has 14 heteroatoms. The van der Waals surface area contributed by atoms with Crippen molar-refractivity contribution in [3.8, 4) is 0 Å². The van der Waals surface area contributed by atoms with Crippen molar-refractivity contribution in [3.05, 3.63) is 41.5 Å². The molecule has 1 aromatic rings. The van der Waals surface area contributed by atoms with Gasteiger partial charge in [-0.05, 0) is 30.5 Å². The van der Waals surface area contributed by atoms with Crippen molar-refractivity contribution < 1.29 is 46.5 Å². The van der Waals surface area contributed by atoms with Gasteiger partial charge < -0.3 is 15.0 Å². The van der Waals surface area contributed by atoms with E-state index in [4.69, 9.17) is 28.3 Å². The molecule has 0 fully saturated rings. The number of benzene rings is 1. The fourth-order valence-electron chi connectivity index (χ4n) is 4.03. The summed E-state index contributed by atoms with van der Waals surface area (Å²) in [5.74, 6) is -8.76. The van der Waals surface area contributed by atoms with E-state index in [1.54, 1.807) is 13.8 Å². The Morgan fingerprint density at radius 1 is 1.32 bits per heavy atom. The molecule has 0 radical (unpaired) electrons. The monoisotopic (exact) mass is 540 g/mol. The van der Waals surface area contributed by atoms with Crippen LogP contribution in [0.3, 0.4) is 0 Å². The summed E-state index contributed by atoms with van der Waals surface area (Å²) >= 11 is 12.8. The molecular formula is C20H18Cl2F2NO8S-. The SMILES string of the molecule is CC(C)C1=CC(Cl)(OC(F)(F)C(=O)O)C(C(=O)[O-])C(Cl)(CN2C(=O)c3ccccc3S2(=O)=O)C1. The predicted molar refractivity (Wildman–Crippen MR) is 112 cm³/mol. The van der Waals surface area contributed by atoms with E-state index in [0.717, 1.165) is 6.08 Å². The molecule has 1 aliphatic carbocycles. The van der Waals surface area contributed by atoms with Crippen LogP contribution in [-0.4, -0.2) is 58.3 Å². The fourth-order valence-corrected chi connectivity index (χ4v) is 6.85. The predicted octanol–water partition coefficient (Wildman–Crippen LogP) is 1.79. The molecule has 0 saturated heterocycles. The van der Waals surface area contributed by atoms with Crippen molar-refractivity contribution in [1.82, 2.24) is 4.31 Å². The third-order valence-electron chi connectivity index (χ3n) is 5.62. The molecular weight excluding hydrogens is 523 g/mol. The van der Waals surface area contributed by atoms with E-state index >= 15 is 0 Å². The van der Waals surface area contributed by atoms with Crippen LogP contribution in [0.4, 0.5) is 8.78 Å². The lowest BCUT2D eigenvalue weighted by Gasteiger charge is -2.49. The van der Waals surface area contributed by atoms with E-state index in [0.29, 0.717) is 4.31 Å². The van der Waals surface area contributed by atoms with E-state index in [-0.39, 0.29) is 16.0 Å². The third-order valence-corrected chi connectivity index (χ3v) is 8.28. The average Bonchev–Trinajstić information content (AvgIpc) is 2.87. The van der Waals surface area contributed by atoms with E-state index in [9.17, 15) is 36.7 Å². The number of nitrogens with zero attached hydrogens (tertiary/aromatic N) is 1. The smallest absolute Gasteiger partial charge is 0.457 e. The molecule has 2 aliphatic rings. The number of hydrogen-bond acceptors (Lipinski definition) is 7. The Balaban J connectivity index is 2.14. The number of sulfonamides is 1. The van der Waals surface area contributed by atoms with Crippen LogP contribution < -0.4 is 5.11 Å². The lowest BCUT2D eigenvalue weighted by molar-refractivity contribution is -0.325. The van der Waals surface area contributed by atoms with Gasteiger partial charge in [-0.15, -0.1) is 11.6 Å². The van der Waals surface area contributed by atoms with Crippen LogP contribution in [0.15, 0.2) is 40.8 Å². The van der Waals surface area contributed by atoms with Crippen LogP contribution in [0.5, 0.6) is 0 Å². The minimum Gasteiger partial charge on any atom is -0.550 e. The standard InChI is InChI=1S/C20H19Cl2F2NO8S/c1-10(2)11-7-18(21,9-25-15(26)12-5-3-4-6-13(12)34(25,31)32)14(16(27)28)19(22,8-11)33-20(23,24)17(29)30/h3-6,8,10,14H,7,9H2,1-2H3,(H,27,28)(H,29,30)/p-1. The van der Waals surface area contributed by atoms with Crippen molar-refractivity contribution in [2.45, 2.75) is 41.2 Å². The van der Waals surface area contributed by atoms with Gasteiger partial charge in [-0.1, -0.05) is 43.2 Å². The number of amides is 1. The maximum Gasteiger partial charge on any atom is 0.457 e. The zero-order valence-electron chi connectivity index (χ0n) is 17.6. The van der Waals surface area contributed by atoms with Gasteiger partial charge in [0.15, 0.2) is 5.06 Å². The number of allylic oxidation sites excluding steroid dienone is 1. The molecule has 0 aromatic heterocycles. The fraction of sp³-hybridized carbons (Fsp3) is 0.450. The summed E-state index contributed by atoms with van der Waals surface area (Å²) < 4.78 is 58.6. The van der Waals surface area contributed by atoms with Gasteiger partial charge in [-0.25, -0.2) is 17.5 Å². The van der Waals surface area contributed by atoms with Crippen LogP contribution in [0, 0.1) is 11.8 Å². The van der Waals surface area contributed by atoms with Gasteiger partial charge in [0, 0.05) is 0 Å². The Labute approximate surface area is 202 Å². The van der Waals surface area contributed by atoms with Gasteiger partial charge >= 0.3 is 12.1 Å². The molecule has 0 bridgehead atoms. The van der Waals surface area contributed by atoms with Crippen LogP contribution >= 0.6 is 23.2 Å². The highest BCUT2D eigenvalue weighted by molar-refractivity contribution is 7.90. The molecule has 9 nitrogen and oxygen atoms in total. The van der Waals surface area contributed by atoms with Gasteiger partial charge in [0.2, 0.25) is 0 Å². The first-order valence-corrected chi connectivity index (χ1v) is 11.9. The molecule has 1 aliphatic heterocycles. The van der Waals surface area contributed by atoms with E-state index in [1.807, 2.05) is 0 Å². The molecule has 1 aromatic carbocycles. The highest BCUT2D eigenvalue weighted by atomic mass is 35.5. The Hall–Kier alpha value is -2.28. The molecule has 0 spiro atoms. The number of carbonyl (C=O) groups excluding carboxylic acids is 2. The zero-order valence-corrected chi connectivity index (χ0v) is 20.0. The quantitative estimate of drug-likeness (QED) is 0.407. The van der Waals surface area contributed by atoms with Gasteiger partial charge in [-0.3, -0.25) is 9.53 Å². The Bertz CT molecular complexity index is 1200. The van der Waals surface area contributed by atoms with Crippen molar-refractivity contribution in [2.24, 2.45) is 11.8 Å². The Kier molecular flexibility index (Phi) is 6.53. The number of carboxylic acid groups (broad SMARTS) is 2. The molecule has 186 valence electrons. The molecule has 0 saturated carbocycles. The van der Waals surface area contributed by atoms with Crippen molar-refractivity contribution >= 4 is 51.1 Å². The second-order valence-corrected chi connectivity index (χ2v) is 11.4. The van der Waals surface area contributed by atoms with Gasteiger partial charge in [0.1, 0.15) is 4.90 Å². The summed E-state index contributed by atoms with van der Waals surface area (Å²) in [6.07, 6.45) is -4.53. The van der Waals surface area contributed by atoms with Gasteiger partial charge in [-0.2, -0.15) is 8.78 Å². The number of ether oxygens (including phenoxy) is 1. The molecule has 1 heterocycles. The topological polar surface area (TPSA) is 141 Å². The van der Waals surface area contributed by atoms with Gasteiger partial charge in [0.25, 0.3) is 15.9 Å². The first kappa shape index (κ1) is 26.3. The summed E-state index contributed by atoms with van der Waals surface area (Å²) in [6, 6.07) is 5.21. The summed E-state index contributed by atoms with van der Waals surface area (Å²) in [7, 11) is -4.47. The number of halogens is 4. The largest absolute Gasteiger partial charge is 0.550 e. The highest BCUT2D eigenvalue weighted by Gasteiger charge is 2.61. The number of hydrogen-bond donors (Lipinski definition) is 1.